The summed E-state index contributed by atoms with van der Waals surface area (Å²) in [7, 11) is 0. The first-order valence-electron chi connectivity index (χ1n) is 15.6. The zero-order valence-electron chi connectivity index (χ0n) is 25.0. The minimum Gasteiger partial charge on any atom is -0.461 e. The highest BCUT2D eigenvalue weighted by atomic mass is 16.6. The van der Waals surface area contributed by atoms with Gasteiger partial charge in [0.1, 0.15) is 24.9 Å². The largest absolute Gasteiger partial charge is 0.461 e. The van der Waals surface area contributed by atoms with E-state index in [0.29, 0.717) is 19.3 Å². The molecular formula is C33H48O8. The number of ether oxygens (including phenoxy) is 4. The van der Waals surface area contributed by atoms with E-state index in [1.807, 2.05) is 0 Å². The topological polar surface area (TPSA) is 105 Å². The predicted molar refractivity (Wildman–Crippen MR) is 155 cm³/mol. The number of fused-ring (bicyclic) bond motifs is 3. The van der Waals surface area contributed by atoms with Crippen LogP contribution >= 0.6 is 0 Å². The smallest absolute Gasteiger partial charge is 0.338 e. The third kappa shape index (κ3) is 10.5. The first-order chi connectivity index (χ1) is 19.8. The zero-order valence-corrected chi connectivity index (χ0v) is 25.0. The second-order valence-corrected chi connectivity index (χ2v) is 11.5. The number of rotatable bonds is 17. The molecule has 8 nitrogen and oxygen atoms in total. The molecule has 1 saturated heterocycles. The van der Waals surface area contributed by atoms with E-state index in [1.165, 1.54) is 71.1 Å². The Balaban J connectivity index is 1.42. The minimum atomic E-state index is -0.794. The molecule has 2 aliphatic heterocycles. The number of carbonyl (C=O) groups excluding carboxylic acids is 4. The first kappa shape index (κ1) is 32.6. The SMILES string of the molecule is C=C1C(=O)OC2C=C(COC(=O)CCCCCCCCCCCCCCC)CCC(OC(C)=O)C3=CC(OC3=O)C12. The summed E-state index contributed by atoms with van der Waals surface area (Å²) in [5.41, 5.74) is 1.19. The molecule has 2 heterocycles. The molecule has 1 fully saturated rings. The molecule has 0 aromatic carbocycles. The average Bonchev–Trinajstić information content (AvgIpc) is 3.44. The van der Waals surface area contributed by atoms with E-state index in [9.17, 15) is 19.2 Å². The number of esters is 4. The van der Waals surface area contributed by atoms with Gasteiger partial charge in [0.05, 0.1) is 11.5 Å². The monoisotopic (exact) mass is 572 g/mol. The van der Waals surface area contributed by atoms with Crippen molar-refractivity contribution in [2.24, 2.45) is 5.92 Å². The molecule has 41 heavy (non-hydrogen) atoms. The van der Waals surface area contributed by atoms with E-state index < -0.39 is 42.1 Å². The first-order valence-corrected chi connectivity index (χ1v) is 15.6. The van der Waals surface area contributed by atoms with Crippen LogP contribution < -0.4 is 0 Å². The Morgan fingerprint density at radius 1 is 0.854 bits per heavy atom. The van der Waals surface area contributed by atoms with Crippen LogP contribution in [0.3, 0.4) is 0 Å². The molecule has 0 saturated carbocycles. The van der Waals surface area contributed by atoms with Gasteiger partial charge in [-0.2, -0.15) is 0 Å². The lowest BCUT2D eigenvalue weighted by atomic mass is 9.87. The summed E-state index contributed by atoms with van der Waals surface area (Å²) >= 11 is 0. The number of hydrogen-bond acceptors (Lipinski definition) is 8. The van der Waals surface area contributed by atoms with E-state index in [-0.39, 0.29) is 23.7 Å². The molecule has 4 unspecified atom stereocenters. The van der Waals surface area contributed by atoms with Crippen LogP contribution in [-0.4, -0.2) is 48.8 Å². The van der Waals surface area contributed by atoms with Crippen molar-refractivity contribution < 1.29 is 38.1 Å². The predicted octanol–water partition coefficient (Wildman–Crippen LogP) is 6.61. The lowest BCUT2D eigenvalue weighted by Crippen LogP contribution is -2.28. The molecule has 228 valence electrons. The average molecular weight is 573 g/mol. The molecule has 4 atom stereocenters. The summed E-state index contributed by atoms with van der Waals surface area (Å²) in [4.78, 5) is 49.1. The molecule has 0 N–H and O–H groups in total. The molecule has 0 aromatic rings. The quantitative estimate of drug-likeness (QED) is 0.0630. The van der Waals surface area contributed by atoms with E-state index in [1.54, 1.807) is 12.2 Å². The summed E-state index contributed by atoms with van der Waals surface area (Å²) in [5, 5.41) is 0. The summed E-state index contributed by atoms with van der Waals surface area (Å²) < 4.78 is 22.0. The zero-order chi connectivity index (χ0) is 29.6. The Hall–Kier alpha value is -2.90. The maximum Gasteiger partial charge on any atom is 0.338 e. The fourth-order valence-corrected chi connectivity index (χ4v) is 5.78. The van der Waals surface area contributed by atoms with Crippen molar-refractivity contribution in [1.29, 1.82) is 0 Å². The highest BCUT2D eigenvalue weighted by Crippen LogP contribution is 2.38. The minimum absolute atomic E-state index is 0.0375. The third-order valence-corrected chi connectivity index (χ3v) is 8.12. The van der Waals surface area contributed by atoms with Crippen LogP contribution in [0.1, 0.15) is 117 Å². The molecule has 1 aliphatic carbocycles. The van der Waals surface area contributed by atoms with E-state index in [0.717, 1.165) is 24.8 Å². The Morgan fingerprint density at radius 2 is 1.41 bits per heavy atom. The van der Waals surface area contributed by atoms with Gasteiger partial charge in [0, 0.05) is 18.9 Å². The van der Waals surface area contributed by atoms with E-state index in [4.69, 9.17) is 18.9 Å². The van der Waals surface area contributed by atoms with Crippen LogP contribution in [0.5, 0.6) is 0 Å². The lowest BCUT2D eigenvalue weighted by molar-refractivity contribution is -0.148. The van der Waals surface area contributed by atoms with Gasteiger partial charge in [0.25, 0.3) is 0 Å². The summed E-state index contributed by atoms with van der Waals surface area (Å²) in [5.74, 6) is -2.52. The van der Waals surface area contributed by atoms with Crippen LogP contribution in [0.15, 0.2) is 35.5 Å². The Bertz CT molecular complexity index is 993. The standard InChI is InChI=1S/C33H48O8/c1-4-5-6-7-8-9-10-11-12-13-14-15-16-17-30(35)38-22-25-18-19-27(39-24(3)34)26-21-29(41-33(26)37)31-23(2)32(36)40-28(31)20-25/h20-21,27-29,31H,2,4-19,22H2,1,3H3. The molecule has 0 radical (unpaired) electrons. The Morgan fingerprint density at radius 3 is 2.02 bits per heavy atom. The maximum atomic E-state index is 12.6. The van der Waals surface area contributed by atoms with Gasteiger partial charge in [0.2, 0.25) is 0 Å². The normalized spacial score (nSPS) is 23.7. The van der Waals surface area contributed by atoms with Gasteiger partial charge >= 0.3 is 23.9 Å². The van der Waals surface area contributed by atoms with Crippen molar-refractivity contribution in [1.82, 2.24) is 0 Å². The second-order valence-electron chi connectivity index (χ2n) is 11.5. The Kier molecular flexibility index (Phi) is 13.6. The van der Waals surface area contributed by atoms with Crippen LogP contribution in [-0.2, 0) is 38.1 Å². The van der Waals surface area contributed by atoms with Gasteiger partial charge in [0.15, 0.2) is 0 Å². The van der Waals surface area contributed by atoms with Crippen LogP contribution in [0.25, 0.3) is 0 Å². The van der Waals surface area contributed by atoms with Gasteiger partial charge in [-0.15, -0.1) is 0 Å². The van der Waals surface area contributed by atoms with Gasteiger partial charge < -0.3 is 18.9 Å². The molecule has 8 heteroatoms. The number of hydrogen-bond donors (Lipinski definition) is 0. The van der Waals surface area contributed by atoms with Gasteiger partial charge in [-0.1, -0.05) is 90.6 Å². The van der Waals surface area contributed by atoms with Gasteiger partial charge in [-0.3, -0.25) is 9.59 Å². The molecule has 3 aliphatic rings. The summed E-state index contributed by atoms with van der Waals surface area (Å²) in [6.45, 7) is 7.42. The van der Waals surface area contributed by atoms with Crippen molar-refractivity contribution in [3.05, 3.63) is 35.5 Å². The molecule has 0 amide bonds. The highest BCUT2D eigenvalue weighted by molar-refractivity contribution is 5.94. The van der Waals surface area contributed by atoms with Gasteiger partial charge in [-0.05, 0) is 37.0 Å². The molecule has 0 aromatic heterocycles. The second kappa shape index (κ2) is 17.1. The van der Waals surface area contributed by atoms with Crippen molar-refractivity contribution in [3.8, 4) is 0 Å². The fourth-order valence-electron chi connectivity index (χ4n) is 5.78. The van der Waals surface area contributed by atoms with Gasteiger partial charge in [-0.25, -0.2) is 9.59 Å². The molecule has 2 bridgehead atoms. The van der Waals surface area contributed by atoms with Crippen molar-refractivity contribution >= 4 is 23.9 Å². The van der Waals surface area contributed by atoms with Crippen molar-refractivity contribution in [2.75, 3.05) is 6.61 Å². The van der Waals surface area contributed by atoms with E-state index >= 15 is 0 Å². The summed E-state index contributed by atoms with van der Waals surface area (Å²) in [6.07, 6.45) is 18.3. The van der Waals surface area contributed by atoms with E-state index in [2.05, 4.69) is 13.5 Å². The van der Waals surface area contributed by atoms with Crippen molar-refractivity contribution in [2.45, 2.75) is 135 Å². The summed E-state index contributed by atoms with van der Waals surface area (Å²) in [6, 6.07) is 0. The Labute approximate surface area is 244 Å². The maximum absolute atomic E-state index is 12.6. The fraction of sp³-hybridized carbons (Fsp3) is 0.697. The number of carbonyl (C=O) groups is 4. The van der Waals surface area contributed by atoms with Crippen LogP contribution in [0.2, 0.25) is 0 Å². The van der Waals surface area contributed by atoms with Crippen LogP contribution in [0, 0.1) is 5.92 Å². The molecule has 0 spiro atoms. The van der Waals surface area contributed by atoms with Crippen LogP contribution in [0.4, 0.5) is 0 Å². The lowest BCUT2D eigenvalue weighted by Gasteiger charge is -2.22. The highest BCUT2D eigenvalue weighted by Gasteiger charge is 2.47. The molecular weight excluding hydrogens is 524 g/mol. The number of unbranched alkanes of at least 4 members (excludes halogenated alkanes) is 12. The third-order valence-electron chi connectivity index (χ3n) is 8.12. The van der Waals surface area contributed by atoms with Crippen molar-refractivity contribution in [3.63, 3.8) is 0 Å². The molecule has 3 rings (SSSR count).